The number of piperazine rings is 1. The van der Waals surface area contributed by atoms with E-state index < -0.39 is 0 Å². The minimum absolute atomic E-state index is 0.0520. The highest BCUT2D eigenvalue weighted by molar-refractivity contribution is 7.99. The first-order chi connectivity index (χ1) is 12.0. The molecule has 8 heteroatoms. The quantitative estimate of drug-likeness (QED) is 0.655. The number of nitrogens with one attached hydrogen (secondary N) is 2. The Morgan fingerprint density at radius 3 is 2.64 bits per heavy atom. The van der Waals surface area contributed by atoms with E-state index in [0.717, 1.165) is 39.0 Å². The van der Waals surface area contributed by atoms with Crippen molar-refractivity contribution in [1.82, 2.24) is 20.4 Å². The maximum Gasteiger partial charge on any atom is 0.237 e. The lowest BCUT2D eigenvalue weighted by Crippen LogP contribution is -2.56. The van der Waals surface area contributed by atoms with E-state index in [0.29, 0.717) is 24.8 Å². The number of carbonyl (C=O) groups excluding carboxylic acids is 3. The van der Waals surface area contributed by atoms with Crippen LogP contribution in [0.4, 0.5) is 0 Å². The predicted molar refractivity (Wildman–Crippen MR) is 99.4 cm³/mol. The van der Waals surface area contributed by atoms with Gasteiger partial charge in [0.2, 0.25) is 17.7 Å². The Morgan fingerprint density at radius 2 is 2.00 bits per heavy atom. The monoisotopic (exact) mass is 370 g/mol. The summed E-state index contributed by atoms with van der Waals surface area (Å²) in [5, 5.41) is 5.81. The number of rotatable bonds is 7. The van der Waals surface area contributed by atoms with E-state index in [-0.39, 0.29) is 30.2 Å². The van der Waals surface area contributed by atoms with Crippen molar-refractivity contribution in [2.24, 2.45) is 5.92 Å². The van der Waals surface area contributed by atoms with Crippen molar-refractivity contribution < 1.29 is 14.4 Å². The summed E-state index contributed by atoms with van der Waals surface area (Å²) in [6.07, 6.45) is 3.99. The SMILES string of the molecule is CCN1CCNC(=O)C1CC(=O)NCC1CCN(C(=O)CSC)CC1. The first-order valence-corrected chi connectivity index (χ1v) is 10.5. The molecule has 7 nitrogen and oxygen atoms in total. The molecule has 2 saturated heterocycles. The highest BCUT2D eigenvalue weighted by Crippen LogP contribution is 2.17. The van der Waals surface area contributed by atoms with Crippen LogP contribution in [-0.4, -0.2) is 84.8 Å². The first-order valence-electron chi connectivity index (χ1n) is 9.10. The number of likely N-dealkylation sites (N-methyl/N-ethyl adjacent to an activating group) is 1. The zero-order valence-corrected chi connectivity index (χ0v) is 16.1. The number of thioether (sulfide) groups is 1. The van der Waals surface area contributed by atoms with Crippen LogP contribution in [0.1, 0.15) is 26.2 Å². The fourth-order valence-electron chi connectivity index (χ4n) is 3.47. The van der Waals surface area contributed by atoms with Crippen molar-refractivity contribution >= 4 is 29.5 Å². The third-order valence-electron chi connectivity index (χ3n) is 5.05. The molecule has 0 aromatic carbocycles. The lowest BCUT2D eigenvalue weighted by molar-refractivity contribution is -0.133. The molecule has 0 aliphatic carbocycles. The minimum atomic E-state index is -0.357. The minimum Gasteiger partial charge on any atom is -0.356 e. The Kier molecular flexibility index (Phi) is 8.02. The Hall–Kier alpha value is -1.28. The second-order valence-electron chi connectivity index (χ2n) is 6.70. The summed E-state index contributed by atoms with van der Waals surface area (Å²) < 4.78 is 0. The van der Waals surface area contributed by atoms with Gasteiger partial charge in [0.25, 0.3) is 0 Å². The van der Waals surface area contributed by atoms with Gasteiger partial charge in [0, 0.05) is 32.7 Å². The summed E-state index contributed by atoms with van der Waals surface area (Å²) in [5.74, 6) is 1.03. The summed E-state index contributed by atoms with van der Waals surface area (Å²) in [6, 6.07) is -0.357. The Morgan fingerprint density at radius 1 is 1.28 bits per heavy atom. The average Bonchev–Trinajstić information content (AvgIpc) is 2.62. The maximum atomic E-state index is 12.2. The standard InChI is InChI=1S/C17H30N4O3S/c1-3-20-9-6-18-17(24)14(20)10-15(22)19-11-13-4-7-21(8-5-13)16(23)12-25-2/h13-14H,3-12H2,1-2H3,(H,18,24)(H,19,22). The second kappa shape index (κ2) is 10.0. The van der Waals surface area contributed by atoms with Crippen LogP contribution in [0.5, 0.6) is 0 Å². The van der Waals surface area contributed by atoms with E-state index >= 15 is 0 Å². The van der Waals surface area contributed by atoms with E-state index in [1.807, 2.05) is 23.0 Å². The summed E-state index contributed by atoms with van der Waals surface area (Å²) in [7, 11) is 0. The van der Waals surface area contributed by atoms with Gasteiger partial charge in [-0.3, -0.25) is 19.3 Å². The van der Waals surface area contributed by atoms with Crippen LogP contribution >= 0.6 is 11.8 Å². The van der Waals surface area contributed by atoms with Gasteiger partial charge in [-0.1, -0.05) is 6.92 Å². The van der Waals surface area contributed by atoms with Crippen molar-refractivity contribution in [3.05, 3.63) is 0 Å². The summed E-state index contributed by atoms with van der Waals surface area (Å²) >= 11 is 1.55. The number of likely N-dealkylation sites (tertiary alicyclic amines) is 1. The molecule has 2 aliphatic heterocycles. The molecule has 2 rings (SSSR count). The van der Waals surface area contributed by atoms with E-state index in [2.05, 4.69) is 10.6 Å². The van der Waals surface area contributed by atoms with E-state index in [1.54, 1.807) is 11.8 Å². The van der Waals surface area contributed by atoms with Gasteiger partial charge in [-0.25, -0.2) is 0 Å². The molecule has 0 radical (unpaired) electrons. The van der Waals surface area contributed by atoms with Crippen LogP contribution in [0.2, 0.25) is 0 Å². The molecule has 1 unspecified atom stereocenters. The third kappa shape index (κ3) is 5.88. The van der Waals surface area contributed by atoms with Crippen LogP contribution < -0.4 is 10.6 Å². The molecule has 0 saturated carbocycles. The zero-order chi connectivity index (χ0) is 18.2. The molecule has 0 aromatic heterocycles. The molecule has 142 valence electrons. The van der Waals surface area contributed by atoms with Crippen LogP contribution in [0.3, 0.4) is 0 Å². The number of piperidine rings is 1. The zero-order valence-electron chi connectivity index (χ0n) is 15.3. The van der Waals surface area contributed by atoms with Crippen molar-refractivity contribution in [3.63, 3.8) is 0 Å². The van der Waals surface area contributed by atoms with E-state index in [4.69, 9.17) is 0 Å². The fourth-order valence-corrected chi connectivity index (χ4v) is 3.90. The molecular weight excluding hydrogens is 340 g/mol. The smallest absolute Gasteiger partial charge is 0.237 e. The normalized spacial score (nSPS) is 22.6. The number of hydrogen-bond acceptors (Lipinski definition) is 5. The Labute approximate surface area is 154 Å². The molecule has 0 aromatic rings. The summed E-state index contributed by atoms with van der Waals surface area (Å²) in [6.45, 7) is 6.40. The molecule has 2 N–H and O–H groups in total. The highest BCUT2D eigenvalue weighted by Gasteiger charge is 2.30. The number of hydrogen-bond donors (Lipinski definition) is 2. The van der Waals surface area contributed by atoms with Gasteiger partial charge in [-0.05, 0) is 31.6 Å². The Bertz CT molecular complexity index is 481. The fraction of sp³-hybridized carbons (Fsp3) is 0.824. The van der Waals surface area contributed by atoms with Gasteiger partial charge in [0.15, 0.2) is 0 Å². The number of nitrogens with zero attached hydrogens (tertiary/aromatic N) is 2. The largest absolute Gasteiger partial charge is 0.356 e. The summed E-state index contributed by atoms with van der Waals surface area (Å²) in [5.41, 5.74) is 0. The number of amides is 3. The van der Waals surface area contributed by atoms with Crippen LogP contribution in [0, 0.1) is 5.92 Å². The molecule has 3 amide bonds. The van der Waals surface area contributed by atoms with Gasteiger partial charge < -0.3 is 15.5 Å². The van der Waals surface area contributed by atoms with Crippen molar-refractivity contribution in [2.75, 3.05) is 51.3 Å². The van der Waals surface area contributed by atoms with Gasteiger partial charge in [-0.15, -0.1) is 0 Å². The van der Waals surface area contributed by atoms with Crippen LogP contribution in [-0.2, 0) is 14.4 Å². The van der Waals surface area contributed by atoms with E-state index in [9.17, 15) is 14.4 Å². The summed E-state index contributed by atoms with van der Waals surface area (Å²) in [4.78, 5) is 40.1. The average molecular weight is 371 g/mol. The third-order valence-corrected chi connectivity index (χ3v) is 5.59. The van der Waals surface area contributed by atoms with E-state index in [1.165, 1.54) is 0 Å². The lowest BCUT2D eigenvalue weighted by Gasteiger charge is -2.34. The van der Waals surface area contributed by atoms with Crippen molar-refractivity contribution in [2.45, 2.75) is 32.2 Å². The predicted octanol–water partition coefficient (Wildman–Crippen LogP) is -0.0854. The van der Waals surface area contributed by atoms with Crippen molar-refractivity contribution in [1.29, 1.82) is 0 Å². The van der Waals surface area contributed by atoms with Gasteiger partial charge >= 0.3 is 0 Å². The van der Waals surface area contributed by atoms with Gasteiger partial charge in [0.05, 0.1) is 18.2 Å². The molecule has 2 heterocycles. The van der Waals surface area contributed by atoms with Crippen LogP contribution in [0.25, 0.3) is 0 Å². The highest BCUT2D eigenvalue weighted by atomic mass is 32.2. The first kappa shape index (κ1) is 20.0. The molecule has 1 atom stereocenters. The molecule has 0 bridgehead atoms. The number of carbonyl (C=O) groups is 3. The topological polar surface area (TPSA) is 81.8 Å². The molecule has 2 aliphatic rings. The molecule has 2 fully saturated rings. The molecule has 25 heavy (non-hydrogen) atoms. The van der Waals surface area contributed by atoms with Gasteiger partial charge in [-0.2, -0.15) is 11.8 Å². The van der Waals surface area contributed by atoms with Crippen LogP contribution in [0.15, 0.2) is 0 Å². The Balaban J connectivity index is 1.70. The van der Waals surface area contributed by atoms with Crippen molar-refractivity contribution in [3.8, 4) is 0 Å². The van der Waals surface area contributed by atoms with Gasteiger partial charge in [0.1, 0.15) is 0 Å². The molecular formula is C17H30N4O3S. The maximum absolute atomic E-state index is 12.2. The molecule has 0 spiro atoms. The second-order valence-corrected chi connectivity index (χ2v) is 7.57. The lowest BCUT2D eigenvalue weighted by atomic mass is 9.96.